The molecule has 0 saturated carbocycles. The average molecular weight is 429 g/mol. The van der Waals surface area contributed by atoms with Crippen molar-refractivity contribution in [2.24, 2.45) is 0 Å². The quantitative estimate of drug-likeness (QED) is 0.751. The van der Waals surface area contributed by atoms with E-state index in [9.17, 15) is 13.2 Å². The number of carbonyl (C=O) groups is 1. The zero-order valence-corrected chi connectivity index (χ0v) is 18.3. The van der Waals surface area contributed by atoms with Crippen molar-refractivity contribution >= 4 is 21.6 Å². The van der Waals surface area contributed by atoms with Crippen LogP contribution < -0.4 is 4.90 Å². The van der Waals surface area contributed by atoms with Gasteiger partial charge >= 0.3 is 0 Å². The number of ether oxygens (including phenoxy) is 1. The molecule has 2 unspecified atom stereocenters. The Hall–Kier alpha value is -2.22. The SMILES string of the molecule is CC1CN(S(=O)(=O)c2cccc(C(=O)N3CCCCc4ccccc43)c2)CC(C)O1. The molecule has 1 amide bonds. The van der Waals surface area contributed by atoms with E-state index in [1.807, 2.05) is 32.0 Å². The maximum Gasteiger partial charge on any atom is 0.258 e. The summed E-state index contributed by atoms with van der Waals surface area (Å²) in [6.07, 6.45) is 2.57. The number of sulfonamides is 1. The van der Waals surface area contributed by atoms with Crippen LogP contribution in [-0.2, 0) is 21.2 Å². The van der Waals surface area contributed by atoms with Crippen molar-refractivity contribution in [2.45, 2.75) is 50.2 Å². The van der Waals surface area contributed by atoms with Crippen LogP contribution in [0.1, 0.15) is 42.6 Å². The third-order valence-corrected chi connectivity index (χ3v) is 7.54. The van der Waals surface area contributed by atoms with Crippen LogP contribution in [0.15, 0.2) is 53.4 Å². The number of nitrogens with zero attached hydrogens (tertiary/aromatic N) is 2. The molecular weight excluding hydrogens is 400 g/mol. The molecule has 4 rings (SSSR count). The fourth-order valence-corrected chi connectivity index (χ4v) is 5.96. The summed E-state index contributed by atoms with van der Waals surface area (Å²) in [5.41, 5.74) is 2.47. The fraction of sp³-hybridized carbons (Fsp3) is 0.435. The van der Waals surface area contributed by atoms with Gasteiger partial charge in [-0.15, -0.1) is 0 Å². The Bertz CT molecular complexity index is 1030. The molecule has 0 aromatic heterocycles. The zero-order valence-electron chi connectivity index (χ0n) is 17.5. The number of hydrogen-bond acceptors (Lipinski definition) is 4. The van der Waals surface area contributed by atoms with Gasteiger partial charge in [0.15, 0.2) is 0 Å². The second-order valence-corrected chi connectivity index (χ2v) is 10.1. The number of morpholine rings is 1. The van der Waals surface area contributed by atoms with Crippen molar-refractivity contribution in [1.29, 1.82) is 0 Å². The molecule has 30 heavy (non-hydrogen) atoms. The maximum atomic E-state index is 13.4. The molecule has 0 radical (unpaired) electrons. The number of aryl methyl sites for hydroxylation is 1. The molecule has 2 atom stereocenters. The first-order valence-corrected chi connectivity index (χ1v) is 12.0. The second-order valence-electron chi connectivity index (χ2n) is 8.15. The van der Waals surface area contributed by atoms with Crippen molar-refractivity contribution in [3.05, 3.63) is 59.7 Å². The third kappa shape index (κ3) is 4.15. The molecule has 2 aliphatic rings. The summed E-state index contributed by atoms with van der Waals surface area (Å²) >= 11 is 0. The normalized spacial score (nSPS) is 22.9. The molecule has 7 heteroatoms. The van der Waals surface area contributed by atoms with Crippen molar-refractivity contribution < 1.29 is 17.9 Å². The molecule has 0 spiro atoms. The molecule has 2 aromatic rings. The van der Waals surface area contributed by atoms with Crippen LogP contribution in [0.2, 0.25) is 0 Å². The van der Waals surface area contributed by atoms with E-state index in [0.717, 1.165) is 30.5 Å². The minimum absolute atomic E-state index is 0.151. The molecule has 1 fully saturated rings. The molecule has 2 aromatic carbocycles. The first-order valence-electron chi connectivity index (χ1n) is 10.5. The van der Waals surface area contributed by atoms with E-state index in [-0.39, 0.29) is 23.0 Å². The Morgan fingerprint density at radius 1 is 1.00 bits per heavy atom. The number of fused-ring (bicyclic) bond motifs is 1. The Morgan fingerprint density at radius 3 is 2.50 bits per heavy atom. The van der Waals surface area contributed by atoms with Gasteiger partial charge in [-0.1, -0.05) is 24.3 Å². The van der Waals surface area contributed by atoms with E-state index in [0.29, 0.717) is 25.2 Å². The standard InChI is InChI=1S/C23H28N2O4S/c1-17-15-24(16-18(2)29-17)30(27,28)21-11-7-10-20(14-21)23(26)25-13-6-5-9-19-8-3-4-12-22(19)25/h3-4,7-8,10-12,14,17-18H,5-6,9,13,15-16H2,1-2H3. The van der Waals surface area contributed by atoms with Gasteiger partial charge in [-0.2, -0.15) is 4.31 Å². The van der Waals surface area contributed by atoms with Gasteiger partial charge in [0.05, 0.1) is 17.1 Å². The molecule has 2 aliphatic heterocycles. The highest BCUT2D eigenvalue weighted by atomic mass is 32.2. The largest absolute Gasteiger partial charge is 0.373 e. The lowest BCUT2D eigenvalue weighted by Gasteiger charge is -2.34. The molecule has 160 valence electrons. The maximum absolute atomic E-state index is 13.4. The summed E-state index contributed by atoms with van der Waals surface area (Å²) in [6, 6.07) is 14.4. The monoisotopic (exact) mass is 428 g/mol. The van der Waals surface area contributed by atoms with Crippen LogP contribution in [-0.4, -0.2) is 50.5 Å². The zero-order chi connectivity index (χ0) is 21.3. The summed E-state index contributed by atoms with van der Waals surface area (Å²) in [5.74, 6) is -0.162. The average Bonchev–Trinajstić information content (AvgIpc) is 2.95. The van der Waals surface area contributed by atoms with Crippen molar-refractivity contribution in [2.75, 3.05) is 24.5 Å². The Morgan fingerprint density at radius 2 is 1.73 bits per heavy atom. The number of hydrogen-bond donors (Lipinski definition) is 0. The molecule has 6 nitrogen and oxygen atoms in total. The highest BCUT2D eigenvalue weighted by Crippen LogP contribution is 2.28. The lowest BCUT2D eigenvalue weighted by molar-refractivity contribution is -0.0440. The van der Waals surface area contributed by atoms with Gasteiger partial charge in [-0.25, -0.2) is 8.42 Å². The summed E-state index contributed by atoms with van der Waals surface area (Å²) in [6.45, 7) is 4.99. The van der Waals surface area contributed by atoms with Gasteiger partial charge in [-0.3, -0.25) is 4.79 Å². The number of amides is 1. The first kappa shape index (κ1) is 21.0. The first-order chi connectivity index (χ1) is 14.4. The van der Waals surface area contributed by atoms with E-state index in [4.69, 9.17) is 4.74 Å². The predicted molar refractivity (Wildman–Crippen MR) is 116 cm³/mol. The summed E-state index contributed by atoms with van der Waals surface area (Å²) in [4.78, 5) is 15.3. The summed E-state index contributed by atoms with van der Waals surface area (Å²) < 4.78 is 33.6. The lowest BCUT2D eigenvalue weighted by Crippen LogP contribution is -2.48. The minimum Gasteiger partial charge on any atom is -0.373 e. The van der Waals surface area contributed by atoms with Crippen LogP contribution in [0.4, 0.5) is 5.69 Å². The number of anilines is 1. The molecular formula is C23H28N2O4S. The van der Waals surface area contributed by atoms with Crippen LogP contribution in [0.3, 0.4) is 0 Å². The summed E-state index contributed by atoms with van der Waals surface area (Å²) in [7, 11) is -3.70. The lowest BCUT2D eigenvalue weighted by atomic mass is 10.1. The predicted octanol–water partition coefficient (Wildman–Crippen LogP) is 3.47. The minimum atomic E-state index is -3.70. The number of rotatable bonds is 3. The number of carbonyl (C=O) groups excluding carboxylic acids is 1. The van der Waals surface area contributed by atoms with Crippen LogP contribution >= 0.6 is 0 Å². The molecule has 0 aliphatic carbocycles. The van der Waals surface area contributed by atoms with Gasteiger partial charge in [0.2, 0.25) is 10.0 Å². The summed E-state index contributed by atoms with van der Waals surface area (Å²) in [5, 5.41) is 0. The van der Waals surface area contributed by atoms with E-state index in [2.05, 4.69) is 6.07 Å². The Kier molecular flexibility index (Phi) is 5.95. The number of para-hydroxylation sites is 1. The van der Waals surface area contributed by atoms with Crippen LogP contribution in [0.5, 0.6) is 0 Å². The van der Waals surface area contributed by atoms with Crippen LogP contribution in [0, 0.1) is 0 Å². The van der Waals surface area contributed by atoms with Gasteiger partial charge in [-0.05, 0) is 62.9 Å². The van der Waals surface area contributed by atoms with Gasteiger partial charge in [0.25, 0.3) is 5.91 Å². The molecule has 0 N–H and O–H groups in total. The molecule has 0 bridgehead atoms. The highest BCUT2D eigenvalue weighted by molar-refractivity contribution is 7.89. The van der Waals surface area contributed by atoms with Crippen LogP contribution in [0.25, 0.3) is 0 Å². The number of benzene rings is 2. The second kappa shape index (κ2) is 8.49. The topological polar surface area (TPSA) is 66.9 Å². The van der Waals surface area contributed by atoms with E-state index < -0.39 is 10.0 Å². The van der Waals surface area contributed by atoms with E-state index in [1.54, 1.807) is 23.1 Å². The van der Waals surface area contributed by atoms with Gasteiger partial charge in [0.1, 0.15) is 0 Å². The highest BCUT2D eigenvalue weighted by Gasteiger charge is 2.33. The molecule has 2 heterocycles. The Balaban J connectivity index is 1.64. The van der Waals surface area contributed by atoms with E-state index in [1.165, 1.54) is 10.4 Å². The third-order valence-electron chi connectivity index (χ3n) is 5.71. The Labute approximate surface area is 178 Å². The van der Waals surface area contributed by atoms with Crippen molar-refractivity contribution in [3.8, 4) is 0 Å². The van der Waals surface area contributed by atoms with Crippen molar-refractivity contribution in [1.82, 2.24) is 4.31 Å². The smallest absolute Gasteiger partial charge is 0.258 e. The van der Waals surface area contributed by atoms with Gasteiger partial charge in [0, 0.05) is 30.9 Å². The van der Waals surface area contributed by atoms with E-state index >= 15 is 0 Å². The fourth-order valence-electron chi connectivity index (χ4n) is 4.32. The van der Waals surface area contributed by atoms with Gasteiger partial charge < -0.3 is 9.64 Å². The molecule has 1 saturated heterocycles. The van der Waals surface area contributed by atoms with Crippen molar-refractivity contribution in [3.63, 3.8) is 0 Å².